The molecule has 0 fully saturated rings. The van der Waals surface area contributed by atoms with Gasteiger partial charge in [0.2, 0.25) is 5.91 Å². The standard InChI is InChI=1S/C10H18N4O/c1-9(2)13-10(15)8-11-5-7-14-6-3-4-12-14/h3-4,6,9,11H,5,7-8H2,1-2H3,(H,13,15). The number of nitrogens with one attached hydrogen (secondary N) is 2. The van der Waals surface area contributed by atoms with Gasteiger partial charge in [0, 0.05) is 25.0 Å². The molecule has 1 rings (SSSR count). The van der Waals surface area contributed by atoms with E-state index in [1.165, 1.54) is 0 Å². The summed E-state index contributed by atoms with van der Waals surface area (Å²) in [5.74, 6) is 0.0328. The van der Waals surface area contributed by atoms with Crippen LogP contribution in [0.15, 0.2) is 18.5 Å². The molecule has 0 atom stereocenters. The smallest absolute Gasteiger partial charge is 0.234 e. The van der Waals surface area contributed by atoms with Crippen molar-refractivity contribution in [1.82, 2.24) is 20.4 Å². The van der Waals surface area contributed by atoms with E-state index in [2.05, 4.69) is 15.7 Å². The molecule has 1 amide bonds. The lowest BCUT2D eigenvalue weighted by Crippen LogP contribution is -2.38. The molecule has 0 spiro atoms. The molecule has 0 aromatic carbocycles. The molecule has 0 bridgehead atoms. The first kappa shape index (κ1) is 11.7. The zero-order valence-electron chi connectivity index (χ0n) is 9.23. The minimum Gasteiger partial charge on any atom is -0.353 e. The molecule has 5 nitrogen and oxygen atoms in total. The van der Waals surface area contributed by atoms with Crippen molar-refractivity contribution in [3.8, 4) is 0 Å². The molecule has 0 aliphatic carbocycles. The van der Waals surface area contributed by atoms with E-state index in [1.807, 2.05) is 30.8 Å². The molecule has 0 saturated heterocycles. The van der Waals surface area contributed by atoms with Crippen LogP contribution in [0.3, 0.4) is 0 Å². The first-order chi connectivity index (χ1) is 7.18. The molecule has 0 saturated carbocycles. The molecule has 1 aromatic rings. The van der Waals surface area contributed by atoms with E-state index in [4.69, 9.17) is 0 Å². The van der Waals surface area contributed by atoms with Gasteiger partial charge in [-0.3, -0.25) is 9.48 Å². The number of carbonyl (C=O) groups excluding carboxylic acids is 1. The van der Waals surface area contributed by atoms with Crippen molar-refractivity contribution in [2.24, 2.45) is 0 Å². The zero-order chi connectivity index (χ0) is 11.1. The predicted octanol–water partition coefficient (Wildman–Crippen LogP) is -0.00270. The van der Waals surface area contributed by atoms with Crippen molar-refractivity contribution in [2.45, 2.75) is 26.4 Å². The van der Waals surface area contributed by atoms with Crippen molar-refractivity contribution in [3.63, 3.8) is 0 Å². The molecular weight excluding hydrogens is 192 g/mol. The quantitative estimate of drug-likeness (QED) is 0.650. The normalized spacial score (nSPS) is 10.6. The van der Waals surface area contributed by atoms with E-state index in [-0.39, 0.29) is 11.9 Å². The summed E-state index contributed by atoms with van der Waals surface area (Å²) in [7, 11) is 0. The molecule has 2 N–H and O–H groups in total. The van der Waals surface area contributed by atoms with Crippen LogP contribution in [0.4, 0.5) is 0 Å². The number of nitrogens with zero attached hydrogens (tertiary/aromatic N) is 2. The molecule has 0 aliphatic heterocycles. The Balaban J connectivity index is 2.04. The maximum atomic E-state index is 11.2. The minimum absolute atomic E-state index is 0.0328. The van der Waals surface area contributed by atoms with Gasteiger partial charge in [-0.05, 0) is 19.9 Å². The monoisotopic (exact) mass is 210 g/mol. The SMILES string of the molecule is CC(C)NC(=O)CNCCn1cccn1. The maximum absolute atomic E-state index is 11.2. The van der Waals surface area contributed by atoms with E-state index in [1.54, 1.807) is 6.20 Å². The van der Waals surface area contributed by atoms with Gasteiger partial charge >= 0.3 is 0 Å². The van der Waals surface area contributed by atoms with Gasteiger partial charge in [-0.25, -0.2) is 0 Å². The average Bonchev–Trinajstić information content (AvgIpc) is 2.63. The highest BCUT2D eigenvalue weighted by Gasteiger charge is 2.01. The molecule has 15 heavy (non-hydrogen) atoms. The lowest BCUT2D eigenvalue weighted by Gasteiger charge is -2.09. The Morgan fingerprint density at radius 2 is 2.33 bits per heavy atom. The summed E-state index contributed by atoms with van der Waals surface area (Å²) in [6, 6.07) is 2.08. The second-order valence-electron chi connectivity index (χ2n) is 3.67. The lowest BCUT2D eigenvalue weighted by atomic mass is 10.4. The highest BCUT2D eigenvalue weighted by atomic mass is 16.1. The van der Waals surface area contributed by atoms with Crippen LogP contribution in [-0.2, 0) is 11.3 Å². The average molecular weight is 210 g/mol. The van der Waals surface area contributed by atoms with Crippen molar-refractivity contribution >= 4 is 5.91 Å². The van der Waals surface area contributed by atoms with E-state index < -0.39 is 0 Å². The fraction of sp³-hybridized carbons (Fsp3) is 0.600. The van der Waals surface area contributed by atoms with Crippen LogP contribution in [0.5, 0.6) is 0 Å². The Morgan fingerprint density at radius 3 is 2.93 bits per heavy atom. The molecule has 0 radical (unpaired) electrons. The van der Waals surface area contributed by atoms with Gasteiger partial charge in [0.05, 0.1) is 13.1 Å². The molecule has 1 heterocycles. The van der Waals surface area contributed by atoms with Crippen molar-refractivity contribution in [2.75, 3.05) is 13.1 Å². The number of amides is 1. The summed E-state index contributed by atoms with van der Waals surface area (Å²) in [5.41, 5.74) is 0. The Hall–Kier alpha value is -1.36. The molecule has 5 heteroatoms. The third kappa shape index (κ3) is 5.17. The molecule has 0 aliphatic rings. The summed E-state index contributed by atoms with van der Waals surface area (Å²) in [6.45, 7) is 5.78. The first-order valence-electron chi connectivity index (χ1n) is 5.16. The Labute approximate surface area is 89.9 Å². The fourth-order valence-electron chi connectivity index (χ4n) is 1.20. The Kier molecular flexibility index (Phi) is 4.83. The Morgan fingerprint density at radius 1 is 1.53 bits per heavy atom. The van der Waals surface area contributed by atoms with Crippen LogP contribution >= 0.6 is 0 Å². The van der Waals surface area contributed by atoms with Gasteiger partial charge < -0.3 is 10.6 Å². The molecule has 1 aromatic heterocycles. The number of hydrogen-bond donors (Lipinski definition) is 2. The molecule has 84 valence electrons. The summed E-state index contributed by atoms with van der Waals surface area (Å²) >= 11 is 0. The van der Waals surface area contributed by atoms with E-state index in [9.17, 15) is 4.79 Å². The Bertz CT molecular complexity index is 282. The predicted molar refractivity (Wildman–Crippen MR) is 58.4 cm³/mol. The summed E-state index contributed by atoms with van der Waals surface area (Å²) in [6.07, 6.45) is 3.64. The number of rotatable bonds is 6. The van der Waals surface area contributed by atoms with Crippen molar-refractivity contribution < 1.29 is 4.79 Å². The fourth-order valence-corrected chi connectivity index (χ4v) is 1.20. The topological polar surface area (TPSA) is 59.0 Å². The van der Waals surface area contributed by atoms with Crippen molar-refractivity contribution in [1.29, 1.82) is 0 Å². The molecular formula is C10H18N4O. The summed E-state index contributed by atoms with van der Waals surface area (Å²) in [5, 5.41) is 9.93. The van der Waals surface area contributed by atoms with E-state index >= 15 is 0 Å². The van der Waals surface area contributed by atoms with Gasteiger partial charge in [0.1, 0.15) is 0 Å². The minimum atomic E-state index is 0.0328. The van der Waals surface area contributed by atoms with Crippen LogP contribution in [0.1, 0.15) is 13.8 Å². The summed E-state index contributed by atoms with van der Waals surface area (Å²) in [4.78, 5) is 11.2. The van der Waals surface area contributed by atoms with Crippen LogP contribution in [0.25, 0.3) is 0 Å². The third-order valence-corrected chi connectivity index (χ3v) is 1.81. The van der Waals surface area contributed by atoms with Gasteiger partial charge in [-0.15, -0.1) is 0 Å². The number of hydrogen-bond acceptors (Lipinski definition) is 3. The van der Waals surface area contributed by atoms with E-state index in [0.29, 0.717) is 6.54 Å². The van der Waals surface area contributed by atoms with Crippen LogP contribution in [0.2, 0.25) is 0 Å². The highest BCUT2D eigenvalue weighted by Crippen LogP contribution is 1.82. The largest absolute Gasteiger partial charge is 0.353 e. The van der Waals surface area contributed by atoms with Crippen LogP contribution < -0.4 is 10.6 Å². The van der Waals surface area contributed by atoms with Crippen LogP contribution in [-0.4, -0.2) is 34.8 Å². The maximum Gasteiger partial charge on any atom is 0.234 e. The van der Waals surface area contributed by atoms with Crippen LogP contribution in [0, 0.1) is 0 Å². The van der Waals surface area contributed by atoms with Crippen molar-refractivity contribution in [3.05, 3.63) is 18.5 Å². The summed E-state index contributed by atoms with van der Waals surface area (Å²) < 4.78 is 1.83. The zero-order valence-corrected chi connectivity index (χ0v) is 9.23. The van der Waals surface area contributed by atoms with Gasteiger partial charge in [0.25, 0.3) is 0 Å². The second-order valence-corrected chi connectivity index (χ2v) is 3.67. The molecule has 0 unspecified atom stereocenters. The van der Waals surface area contributed by atoms with Gasteiger partial charge in [-0.1, -0.05) is 0 Å². The highest BCUT2D eigenvalue weighted by molar-refractivity contribution is 5.78. The second kappa shape index (κ2) is 6.19. The van der Waals surface area contributed by atoms with Gasteiger partial charge in [0.15, 0.2) is 0 Å². The third-order valence-electron chi connectivity index (χ3n) is 1.81. The lowest BCUT2D eigenvalue weighted by molar-refractivity contribution is -0.120. The first-order valence-corrected chi connectivity index (χ1v) is 5.16. The van der Waals surface area contributed by atoms with E-state index in [0.717, 1.165) is 13.1 Å². The number of carbonyl (C=O) groups is 1. The number of aromatic nitrogens is 2. The van der Waals surface area contributed by atoms with Gasteiger partial charge in [-0.2, -0.15) is 5.10 Å².